The average molecular weight is 458 g/mol. The highest BCUT2D eigenvalue weighted by Crippen LogP contribution is 2.39. The fourth-order valence-corrected chi connectivity index (χ4v) is 3.72. The Morgan fingerprint density at radius 2 is 1.97 bits per heavy atom. The molecule has 0 radical (unpaired) electrons. The summed E-state index contributed by atoms with van der Waals surface area (Å²) in [5.74, 6) is -1.53. The van der Waals surface area contributed by atoms with Crippen molar-refractivity contribution in [3.8, 4) is 11.5 Å². The van der Waals surface area contributed by atoms with E-state index in [0.717, 1.165) is 4.90 Å². The molecule has 1 aromatic rings. The lowest BCUT2D eigenvalue weighted by molar-refractivity contribution is -0.148. The second kappa shape index (κ2) is 10.4. The van der Waals surface area contributed by atoms with Gasteiger partial charge in [-0.25, -0.2) is 9.59 Å². The molecule has 0 N–H and O–H groups in total. The number of amides is 2. The van der Waals surface area contributed by atoms with E-state index in [-0.39, 0.29) is 34.6 Å². The fraction of sp³-hybridized carbons (Fsp3) is 0.368. The van der Waals surface area contributed by atoms with Crippen LogP contribution in [-0.4, -0.2) is 61.5 Å². The minimum absolute atomic E-state index is 0.106. The molecule has 162 valence electrons. The molecule has 1 fully saturated rings. The lowest BCUT2D eigenvalue weighted by atomic mass is 10.1. The zero-order valence-corrected chi connectivity index (χ0v) is 18.3. The lowest BCUT2D eigenvalue weighted by Crippen LogP contribution is -2.42. The van der Waals surface area contributed by atoms with Crippen LogP contribution in [0.25, 0.3) is 6.08 Å². The van der Waals surface area contributed by atoms with Gasteiger partial charge >= 0.3 is 11.9 Å². The Kier molecular flexibility index (Phi) is 8.13. The van der Waals surface area contributed by atoms with E-state index >= 15 is 0 Å². The van der Waals surface area contributed by atoms with Gasteiger partial charge in [0.1, 0.15) is 6.04 Å². The molecule has 11 heteroatoms. The molecule has 1 aliphatic heterocycles. The zero-order chi connectivity index (χ0) is 22.4. The monoisotopic (exact) mass is 457 g/mol. The second-order valence-electron chi connectivity index (χ2n) is 5.88. The van der Waals surface area contributed by atoms with E-state index < -0.39 is 29.1 Å². The topological polar surface area (TPSA) is 108 Å². The quantitative estimate of drug-likeness (QED) is 0.430. The number of benzene rings is 1. The Labute approximate surface area is 182 Å². The predicted molar refractivity (Wildman–Crippen MR) is 109 cm³/mol. The van der Waals surface area contributed by atoms with Crippen molar-refractivity contribution in [2.75, 3.05) is 27.4 Å². The molecule has 0 aromatic heterocycles. The fourth-order valence-electron chi connectivity index (χ4n) is 2.54. The van der Waals surface area contributed by atoms with Crippen LogP contribution in [0.4, 0.5) is 4.79 Å². The van der Waals surface area contributed by atoms with Gasteiger partial charge in [0, 0.05) is 0 Å². The molecule has 2 rings (SSSR count). The molecule has 0 bridgehead atoms. The lowest BCUT2D eigenvalue weighted by Gasteiger charge is -2.18. The Balaban J connectivity index is 2.28. The first-order valence-electron chi connectivity index (χ1n) is 8.74. The van der Waals surface area contributed by atoms with E-state index in [4.69, 9.17) is 25.8 Å². The average Bonchev–Trinajstić information content (AvgIpc) is 2.98. The van der Waals surface area contributed by atoms with Crippen LogP contribution in [-0.2, 0) is 23.9 Å². The molecule has 0 spiro atoms. The first-order chi connectivity index (χ1) is 14.2. The Morgan fingerprint density at radius 3 is 2.57 bits per heavy atom. The molecule has 1 atom stereocenters. The van der Waals surface area contributed by atoms with Crippen LogP contribution >= 0.6 is 23.4 Å². The molecule has 1 saturated heterocycles. The highest BCUT2D eigenvalue weighted by Gasteiger charge is 2.41. The van der Waals surface area contributed by atoms with Gasteiger partial charge in [-0.15, -0.1) is 0 Å². The van der Waals surface area contributed by atoms with Gasteiger partial charge in [-0.3, -0.25) is 14.5 Å². The van der Waals surface area contributed by atoms with Gasteiger partial charge < -0.3 is 18.9 Å². The highest BCUT2D eigenvalue weighted by atomic mass is 35.5. The van der Waals surface area contributed by atoms with Crippen molar-refractivity contribution < 1.29 is 38.1 Å². The van der Waals surface area contributed by atoms with Crippen molar-refractivity contribution in [1.82, 2.24) is 4.90 Å². The molecule has 1 aliphatic rings. The summed E-state index contributed by atoms with van der Waals surface area (Å²) in [6.07, 6.45) is 1.44. The van der Waals surface area contributed by atoms with E-state index in [2.05, 4.69) is 4.74 Å². The van der Waals surface area contributed by atoms with Gasteiger partial charge in [0.2, 0.25) is 0 Å². The van der Waals surface area contributed by atoms with Crippen LogP contribution < -0.4 is 9.47 Å². The largest absolute Gasteiger partial charge is 0.493 e. The third-order valence-corrected chi connectivity index (χ3v) is 5.11. The smallest absolute Gasteiger partial charge is 0.344 e. The summed E-state index contributed by atoms with van der Waals surface area (Å²) < 4.78 is 20.0. The number of carbonyl (C=O) groups is 4. The Morgan fingerprint density at radius 1 is 1.27 bits per heavy atom. The SMILES string of the molecule is CCOC(=O)COc1c(Cl)cc(/C=C2/SC(=O)N([C@@H](C)C(=O)OC)C2=O)cc1OC. The van der Waals surface area contributed by atoms with E-state index in [0.29, 0.717) is 17.3 Å². The molecule has 0 aliphatic carbocycles. The molecule has 2 amide bonds. The number of thioether (sulfide) groups is 1. The minimum atomic E-state index is -1.05. The summed E-state index contributed by atoms with van der Waals surface area (Å²) in [5, 5.41) is -0.455. The number of hydrogen-bond donors (Lipinski definition) is 0. The van der Waals surface area contributed by atoms with Crippen molar-refractivity contribution in [3.05, 3.63) is 27.6 Å². The van der Waals surface area contributed by atoms with Gasteiger partial charge in [-0.2, -0.15) is 0 Å². The van der Waals surface area contributed by atoms with E-state index in [9.17, 15) is 19.2 Å². The van der Waals surface area contributed by atoms with E-state index in [1.807, 2.05) is 0 Å². The molecule has 30 heavy (non-hydrogen) atoms. The van der Waals surface area contributed by atoms with Crippen molar-refractivity contribution in [2.24, 2.45) is 0 Å². The number of esters is 2. The summed E-state index contributed by atoms with van der Waals surface area (Å²) in [7, 11) is 2.56. The molecule has 9 nitrogen and oxygen atoms in total. The van der Waals surface area contributed by atoms with Crippen LogP contribution in [0.1, 0.15) is 19.4 Å². The molecule has 1 aromatic carbocycles. The van der Waals surface area contributed by atoms with E-state index in [1.54, 1.807) is 6.92 Å². The van der Waals surface area contributed by atoms with E-state index in [1.165, 1.54) is 39.4 Å². The first-order valence-corrected chi connectivity index (χ1v) is 9.93. The molecule has 0 saturated carbocycles. The number of imide groups is 1. The zero-order valence-electron chi connectivity index (χ0n) is 16.7. The number of ether oxygens (including phenoxy) is 4. The third kappa shape index (κ3) is 5.25. The van der Waals surface area contributed by atoms with Crippen LogP contribution in [0.15, 0.2) is 17.0 Å². The number of halogens is 1. The highest BCUT2D eigenvalue weighted by molar-refractivity contribution is 8.18. The van der Waals surface area contributed by atoms with Crippen molar-refractivity contribution in [3.63, 3.8) is 0 Å². The van der Waals surface area contributed by atoms with Crippen LogP contribution in [0.3, 0.4) is 0 Å². The maximum absolute atomic E-state index is 12.6. The van der Waals surface area contributed by atoms with Gasteiger partial charge in [0.15, 0.2) is 18.1 Å². The molecular weight excluding hydrogens is 438 g/mol. The molecule has 1 heterocycles. The maximum atomic E-state index is 12.6. The van der Waals surface area contributed by atoms with Crippen molar-refractivity contribution in [1.29, 1.82) is 0 Å². The summed E-state index contributed by atoms with van der Waals surface area (Å²) in [4.78, 5) is 48.9. The van der Waals surface area contributed by atoms with Gasteiger partial charge in [0.25, 0.3) is 11.1 Å². The number of hydrogen-bond acceptors (Lipinski definition) is 9. The van der Waals surface area contributed by atoms with Gasteiger partial charge in [-0.05, 0) is 49.4 Å². The first kappa shape index (κ1) is 23.6. The second-order valence-corrected chi connectivity index (χ2v) is 7.28. The maximum Gasteiger partial charge on any atom is 0.344 e. The number of rotatable bonds is 8. The number of carbonyl (C=O) groups excluding carboxylic acids is 4. The van der Waals surface area contributed by atoms with Crippen LogP contribution in [0.2, 0.25) is 5.02 Å². The summed E-state index contributed by atoms with van der Waals surface area (Å²) in [5.41, 5.74) is 0.455. The van der Waals surface area contributed by atoms with Gasteiger partial charge in [0.05, 0.1) is 30.8 Å². The van der Waals surface area contributed by atoms with Crippen molar-refractivity contribution in [2.45, 2.75) is 19.9 Å². The number of nitrogens with zero attached hydrogens (tertiary/aromatic N) is 1. The minimum Gasteiger partial charge on any atom is -0.493 e. The summed E-state index contributed by atoms with van der Waals surface area (Å²) in [6, 6.07) is 1.97. The standard InChI is InChI=1S/C19H20ClNO8S/c1-5-28-15(22)9-29-16-12(20)6-11(7-13(16)26-3)8-14-17(23)21(19(25)30-14)10(2)18(24)27-4/h6-8,10H,5,9H2,1-4H3/b14-8+/t10-/m0/s1. The summed E-state index contributed by atoms with van der Waals surface area (Å²) in [6.45, 7) is 2.94. The Hall–Kier alpha value is -2.72. The molecule has 0 unspecified atom stereocenters. The Bertz CT molecular complexity index is 901. The third-order valence-electron chi connectivity index (χ3n) is 3.94. The van der Waals surface area contributed by atoms with Crippen LogP contribution in [0.5, 0.6) is 11.5 Å². The predicted octanol–water partition coefficient (Wildman–Crippen LogP) is 2.89. The van der Waals surface area contributed by atoms with Crippen molar-refractivity contribution >= 4 is 52.5 Å². The van der Waals surface area contributed by atoms with Crippen LogP contribution in [0, 0.1) is 0 Å². The van der Waals surface area contributed by atoms with Gasteiger partial charge in [-0.1, -0.05) is 11.6 Å². The summed E-state index contributed by atoms with van der Waals surface area (Å²) >= 11 is 6.94. The molecular formula is C19H20ClNO8S. The normalized spacial score (nSPS) is 15.9. The number of methoxy groups -OCH3 is 2.